The molecule has 0 saturated carbocycles. The molecule has 0 spiro atoms. The molecule has 2 rings (SSSR count). The summed E-state index contributed by atoms with van der Waals surface area (Å²) in [6, 6.07) is 13.1. The van der Waals surface area contributed by atoms with Crippen LogP contribution in [-0.2, 0) is 0 Å². The van der Waals surface area contributed by atoms with Crippen molar-refractivity contribution >= 4 is 34.1 Å². The average molecular weight is 208 g/mol. The first kappa shape index (κ1) is 8.92. The predicted octanol–water partition coefficient (Wildman–Crippen LogP) is 4.02. The molecule has 0 bridgehead atoms. The van der Waals surface area contributed by atoms with Crippen molar-refractivity contribution in [2.45, 2.75) is 4.90 Å². The van der Waals surface area contributed by atoms with E-state index >= 15 is 0 Å². The third-order valence-corrected chi connectivity index (χ3v) is 2.92. The standard InChI is InChI=1S/C11H8ClS/c1-13-11-4-2-3-8-5-6-9(12)7-10(8)11/h2-3,5-7H,1H3. The number of fused-ring (bicyclic) bond motifs is 1. The molecule has 0 N–H and O–H groups in total. The average Bonchev–Trinajstić information content (AvgIpc) is 2.17. The van der Waals surface area contributed by atoms with Crippen LogP contribution in [-0.4, -0.2) is 6.26 Å². The topological polar surface area (TPSA) is 0 Å². The first-order valence-electron chi connectivity index (χ1n) is 3.95. The highest BCUT2D eigenvalue weighted by Gasteiger charge is 1.99. The Kier molecular flexibility index (Phi) is 2.47. The lowest BCUT2D eigenvalue weighted by atomic mass is 10.1. The second-order valence-electron chi connectivity index (χ2n) is 2.74. The van der Waals surface area contributed by atoms with E-state index in [0.717, 1.165) is 9.92 Å². The van der Waals surface area contributed by atoms with Crippen LogP contribution < -0.4 is 0 Å². The summed E-state index contributed by atoms with van der Waals surface area (Å²) in [4.78, 5) is 1.15. The summed E-state index contributed by atoms with van der Waals surface area (Å²) in [5.74, 6) is 0. The van der Waals surface area contributed by atoms with E-state index in [1.54, 1.807) is 11.8 Å². The van der Waals surface area contributed by atoms with Gasteiger partial charge in [-0.1, -0.05) is 29.8 Å². The van der Waals surface area contributed by atoms with Gasteiger partial charge in [-0.25, -0.2) is 0 Å². The molecule has 0 fully saturated rings. The van der Waals surface area contributed by atoms with Crippen molar-refractivity contribution in [3.8, 4) is 0 Å². The van der Waals surface area contributed by atoms with Gasteiger partial charge in [-0.05, 0) is 35.2 Å². The van der Waals surface area contributed by atoms with Crippen LogP contribution in [0.4, 0.5) is 0 Å². The summed E-state index contributed by atoms with van der Waals surface area (Å²) in [5, 5.41) is 3.18. The highest BCUT2D eigenvalue weighted by atomic mass is 35.5. The van der Waals surface area contributed by atoms with Gasteiger partial charge in [-0.15, -0.1) is 11.8 Å². The Morgan fingerprint density at radius 1 is 1.31 bits per heavy atom. The summed E-state index contributed by atoms with van der Waals surface area (Å²) >= 11 is 7.62. The number of hydrogen-bond donors (Lipinski definition) is 0. The SMILES string of the molecule is CSc1[c]ccc2ccc(Cl)cc12. The maximum atomic E-state index is 5.92. The van der Waals surface area contributed by atoms with Crippen molar-refractivity contribution in [1.82, 2.24) is 0 Å². The maximum absolute atomic E-state index is 5.92. The lowest BCUT2D eigenvalue weighted by molar-refractivity contribution is 1.53. The lowest BCUT2D eigenvalue weighted by Gasteiger charge is -2.02. The highest BCUT2D eigenvalue weighted by Crippen LogP contribution is 2.27. The van der Waals surface area contributed by atoms with Gasteiger partial charge in [0, 0.05) is 9.92 Å². The second kappa shape index (κ2) is 3.60. The van der Waals surface area contributed by atoms with Gasteiger partial charge in [0.05, 0.1) is 0 Å². The molecule has 65 valence electrons. The summed E-state index contributed by atoms with van der Waals surface area (Å²) in [7, 11) is 0. The third-order valence-electron chi connectivity index (χ3n) is 1.94. The van der Waals surface area contributed by atoms with E-state index in [-0.39, 0.29) is 0 Å². The molecule has 13 heavy (non-hydrogen) atoms. The fraction of sp³-hybridized carbons (Fsp3) is 0.0909. The molecule has 2 aromatic rings. The summed E-state index contributed by atoms with van der Waals surface area (Å²) in [5.41, 5.74) is 0. The van der Waals surface area contributed by atoms with Gasteiger partial charge in [0.25, 0.3) is 0 Å². The molecule has 2 heteroatoms. The molecule has 0 saturated heterocycles. The zero-order valence-electron chi connectivity index (χ0n) is 7.17. The second-order valence-corrected chi connectivity index (χ2v) is 4.00. The maximum Gasteiger partial charge on any atom is 0.0412 e. The molecule has 0 aliphatic carbocycles. The van der Waals surface area contributed by atoms with Gasteiger partial charge in [0.15, 0.2) is 0 Å². The number of benzene rings is 2. The highest BCUT2D eigenvalue weighted by molar-refractivity contribution is 7.98. The van der Waals surface area contributed by atoms with Crippen LogP contribution >= 0.6 is 23.4 Å². The molecule has 1 radical (unpaired) electrons. The molecular weight excluding hydrogens is 200 g/mol. The molecule has 0 atom stereocenters. The van der Waals surface area contributed by atoms with Crippen LogP contribution in [0.1, 0.15) is 0 Å². The number of halogens is 1. The lowest BCUT2D eigenvalue weighted by Crippen LogP contribution is -1.76. The molecule has 0 aliphatic heterocycles. The van der Waals surface area contributed by atoms with Crippen molar-refractivity contribution in [2.75, 3.05) is 6.26 Å². The molecular formula is C11H8ClS. The minimum absolute atomic E-state index is 0.780. The minimum Gasteiger partial charge on any atom is -0.128 e. The first-order chi connectivity index (χ1) is 6.31. The molecule has 0 heterocycles. The fourth-order valence-electron chi connectivity index (χ4n) is 1.32. The summed E-state index contributed by atoms with van der Waals surface area (Å²) < 4.78 is 0. The smallest absolute Gasteiger partial charge is 0.0412 e. The molecule has 0 nitrogen and oxygen atoms in total. The Labute approximate surface area is 86.9 Å². The number of thioether (sulfide) groups is 1. The van der Waals surface area contributed by atoms with Gasteiger partial charge in [-0.3, -0.25) is 0 Å². The van der Waals surface area contributed by atoms with E-state index in [9.17, 15) is 0 Å². The van der Waals surface area contributed by atoms with Gasteiger partial charge >= 0.3 is 0 Å². The van der Waals surface area contributed by atoms with E-state index in [2.05, 4.69) is 6.07 Å². The monoisotopic (exact) mass is 207 g/mol. The largest absolute Gasteiger partial charge is 0.128 e. The summed E-state index contributed by atoms with van der Waals surface area (Å²) in [6.45, 7) is 0. The van der Waals surface area contributed by atoms with Crippen LogP contribution in [0.3, 0.4) is 0 Å². The van der Waals surface area contributed by atoms with E-state index in [4.69, 9.17) is 11.6 Å². The van der Waals surface area contributed by atoms with Crippen molar-refractivity contribution in [3.63, 3.8) is 0 Å². The van der Waals surface area contributed by atoms with Crippen LogP contribution in [0.15, 0.2) is 35.2 Å². The summed E-state index contributed by atoms with van der Waals surface area (Å²) in [6.07, 6.45) is 2.05. The van der Waals surface area contributed by atoms with Gasteiger partial charge < -0.3 is 0 Å². The van der Waals surface area contributed by atoms with Crippen molar-refractivity contribution in [3.05, 3.63) is 41.4 Å². The minimum atomic E-state index is 0.780. The van der Waals surface area contributed by atoms with Crippen molar-refractivity contribution in [1.29, 1.82) is 0 Å². The third kappa shape index (κ3) is 1.67. The number of hydrogen-bond acceptors (Lipinski definition) is 1. The van der Waals surface area contributed by atoms with Crippen molar-refractivity contribution < 1.29 is 0 Å². The van der Waals surface area contributed by atoms with Crippen molar-refractivity contribution in [2.24, 2.45) is 0 Å². The van der Waals surface area contributed by atoms with Crippen LogP contribution in [0.25, 0.3) is 10.8 Å². The van der Waals surface area contributed by atoms with Gasteiger partial charge in [-0.2, -0.15) is 0 Å². The molecule has 2 aromatic carbocycles. The fourth-order valence-corrected chi connectivity index (χ4v) is 2.08. The molecule has 0 unspecified atom stereocenters. The molecule has 0 amide bonds. The number of rotatable bonds is 1. The predicted molar refractivity (Wildman–Crippen MR) is 59.6 cm³/mol. The molecule has 0 aromatic heterocycles. The van der Waals surface area contributed by atoms with Crippen LogP contribution in [0, 0.1) is 6.07 Å². The van der Waals surface area contributed by atoms with E-state index < -0.39 is 0 Å². The van der Waals surface area contributed by atoms with E-state index in [1.807, 2.05) is 36.6 Å². The van der Waals surface area contributed by atoms with Gasteiger partial charge in [0.1, 0.15) is 0 Å². The normalized spacial score (nSPS) is 10.6. The Morgan fingerprint density at radius 2 is 2.15 bits per heavy atom. The van der Waals surface area contributed by atoms with E-state index in [1.165, 1.54) is 10.8 Å². The van der Waals surface area contributed by atoms with Crippen LogP contribution in [0.5, 0.6) is 0 Å². The first-order valence-corrected chi connectivity index (χ1v) is 5.55. The Hall–Kier alpha value is -0.660. The zero-order valence-corrected chi connectivity index (χ0v) is 8.75. The van der Waals surface area contributed by atoms with E-state index in [0.29, 0.717) is 0 Å². The Morgan fingerprint density at radius 3 is 2.92 bits per heavy atom. The Balaban J connectivity index is 2.79. The molecule has 0 aliphatic rings. The zero-order chi connectivity index (χ0) is 9.26. The Bertz CT molecular complexity index is 437. The quantitative estimate of drug-likeness (QED) is 0.637. The van der Waals surface area contributed by atoms with Crippen LogP contribution in [0.2, 0.25) is 5.02 Å². The van der Waals surface area contributed by atoms with Gasteiger partial charge in [0.2, 0.25) is 0 Å².